The third kappa shape index (κ3) is 2.38. The Morgan fingerprint density at radius 1 is 1.59 bits per heavy atom. The van der Waals surface area contributed by atoms with Gasteiger partial charge in [-0.25, -0.2) is 0 Å². The van der Waals surface area contributed by atoms with E-state index in [2.05, 4.69) is 10.2 Å². The van der Waals surface area contributed by atoms with E-state index in [0.717, 1.165) is 0 Å². The molecule has 0 spiro atoms. The SMILES string of the molecule is Cn1c(N)nnc1SCc1ccc([N+](=O)[O-])o1. The molecule has 8 nitrogen and oxygen atoms in total. The summed E-state index contributed by atoms with van der Waals surface area (Å²) < 4.78 is 6.63. The van der Waals surface area contributed by atoms with Crippen LogP contribution in [0.5, 0.6) is 0 Å². The van der Waals surface area contributed by atoms with E-state index < -0.39 is 4.92 Å². The summed E-state index contributed by atoms with van der Waals surface area (Å²) >= 11 is 1.34. The second-order valence-corrected chi connectivity index (χ2v) is 4.13. The second-order valence-electron chi connectivity index (χ2n) is 3.19. The van der Waals surface area contributed by atoms with Crippen LogP contribution in [0.15, 0.2) is 21.7 Å². The Morgan fingerprint density at radius 3 is 2.88 bits per heavy atom. The largest absolute Gasteiger partial charge is 0.433 e. The second kappa shape index (κ2) is 4.45. The Morgan fingerprint density at radius 2 is 2.35 bits per heavy atom. The third-order valence-corrected chi connectivity index (χ3v) is 3.08. The van der Waals surface area contributed by atoms with Crippen molar-refractivity contribution in [2.75, 3.05) is 5.73 Å². The molecule has 0 amide bonds. The third-order valence-electron chi connectivity index (χ3n) is 2.04. The molecule has 0 saturated carbocycles. The van der Waals surface area contributed by atoms with Gasteiger partial charge in [-0.2, -0.15) is 0 Å². The van der Waals surface area contributed by atoms with Gasteiger partial charge in [0.25, 0.3) is 0 Å². The lowest BCUT2D eigenvalue weighted by molar-refractivity contribution is -0.402. The van der Waals surface area contributed by atoms with Crippen LogP contribution in [-0.4, -0.2) is 19.7 Å². The molecule has 0 unspecified atom stereocenters. The fourth-order valence-corrected chi connectivity index (χ4v) is 1.94. The number of hydrogen-bond acceptors (Lipinski definition) is 7. The molecule has 17 heavy (non-hydrogen) atoms. The zero-order chi connectivity index (χ0) is 12.4. The molecule has 0 saturated heterocycles. The maximum atomic E-state index is 10.4. The molecule has 0 aliphatic heterocycles. The van der Waals surface area contributed by atoms with Gasteiger partial charge in [-0.15, -0.1) is 10.2 Å². The van der Waals surface area contributed by atoms with E-state index in [4.69, 9.17) is 10.2 Å². The van der Waals surface area contributed by atoms with Gasteiger partial charge in [0.05, 0.1) is 11.8 Å². The van der Waals surface area contributed by atoms with Gasteiger partial charge >= 0.3 is 5.88 Å². The van der Waals surface area contributed by atoms with Crippen LogP contribution in [-0.2, 0) is 12.8 Å². The van der Waals surface area contributed by atoms with Crippen molar-refractivity contribution in [1.29, 1.82) is 0 Å². The van der Waals surface area contributed by atoms with Crippen molar-refractivity contribution in [2.24, 2.45) is 7.05 Å². The van der Waals surface area contributed by atoms with Gasteiger partial charge in [0.15, 0.2) is 5.16 Å². The fourth-order valence-electron chi connectivity index (χ4n) is 1.13. The Balaban J connectivity index is 2.02. The summed E-state index contributed by atoms with van der Waals surface area (Å²) in [6.07, 6.45) is 0. The number of furan rings is 1. The van der Waals surface area contributed by atoms with Crippen molar-refractivity contribution >= 4 is 23.6 Å². The van der Waals surface area contributed by atoms with E-state index in [1.165, 1.54) is 17.8 Å². The minimum atomic E-state index is -0.575. The fraction of sp³-hybridized carbons (Fsp3) is 0.250. The molecule has 2 N–H and O–H groups in total. The van der Waals surface area contributed by atoms with Gasteiger partial charge in [-0.3, -0.25) is 14.7 Å². The molecule has 2 rings (SSSR count). The first kappa shape index (κ1) is 11.5. The molecular formula is C8H9N5O3S. The highest BCUT2D eigenvalue weighted by atomic mass is 32.2. The molecule has 0 aliphatic carbocycles. The smallest absolute Gasteiger partial charge is 0.405 e. The molecule has 0 aliphatic rings. The lowest BCUT2D eigenvalue weighted by atomic mass is 10.5. The van der Waals surface area contributed by atoms with Crippen molar-refractivity contribution < 1.29 is 9.34 Å². The minimum Gasteiger partial charge on any atom is -0.405 e. The minimum absolute atomic E-state index is 0.266. The Bertz CT molecular complexity index is 549. The number of hydrogen-bond donors (Lipinski definition) is 1. The van der Waals surface area contributed by atoms with Crippen LogP contribution >= 0.6 is 11.8 Å². The van der Waals surface area contributed by atoms with E-state index in [0.29, 0.717) is 22.6 Å². The molecule has 0 fully saturated rings. The first-order valence-electron chi connectivity index (χ1n) is 4.58. The van der Waals surface area contributed by atoms with Crippen molar-refractivity contribution in [2.45, 2.75) is 10.9 Å². The van der Waals surface area contributed by atoms with Gasteiger partial charge < -0.3 is 10.2 Å². The quantitative estimate of drug-likeness (QED) is 0.496. The van der Waals surface area contributed by atoms with E-state index in [1.54, 1.807) is 17.7 Å². The van der Waals surface area contributed by atoms with Crippen molar-refractivity contribution in [3.63, 3.8) is 0 Å². The van der Waals surface area contributed by atoms with E-state index in [1.807, 2.05) is 0 Å². The molecule has 90 valence electrons. The highest BCUT2D eigenvalue weighted by Crippen LogP contribution is 2.24. The number of rotatable bonds is 4. The molecule has 2 aromatic heterocycles. The lowest BCUT2D eigenvalue weighted by Gasteiger charge is -1.98. The predicted octanol–water partition coefficient (Wildman–Crippen LogP) is 1.19. The van der Waals surface area contributed by atoms with Crippen LogP contribution in [0.4, 0.5) is 11.8 Å². The van der Waals surface area contributed by atoms with Crippen molar-refractivity contribution in [3.8, 4) is 0 Å². The van der Waals surface area contributed by atoms with Crippen molar-refractivity contribution in [1.82, 2.24) is 14.8 Å². The van der Waals surface area contributed by atoms with Gasteiger partial charge in [0.2, 0.25) is 5.95 Å². The average molecular weight is 255 g/mol. The van der Waals surface area contributed by atoms with E-state index in [9.17, 15) is 10.1 Å². The van der Waals surface area contributed by atoms with Crippen LogP contribution in [0.3, 0.4) is 0 Å². The predicted molar refractivity (Wildman–Crippen MR) is 60.3 cm³/mol. The summed E-state index contributed by atoms with van der Waals surface area (Å²) in [5.41, 5.74) is 5.52. The molecule has 2 aromatic rings. The monoisotopic (exact) mass is 255 g/mol. The maximum Gasteiger partial charge on any atom is 0.433 e. The molecule has 0 atom stereocenters. The molecular weight excluding hydrogens is 246 g/mol. The molecule has 0 aromatic carbocycles. The zero-order valence-corrected chi connectivity index (χ0v) is 9.68. The van der Waals surface area contributed by atoms with E-state index >= 15 is 0 Å². The average Bonchev–Trinajstić information content (AvgIpc) is 2.86. The highest BCUT2D eigenvalue weighted by molar-refractivity contribution is 7.98. The summed E-state index contributed by atoms with van der Waals surface area (Å²) in [6.45, 7) is 0. The number of nitro groups is 1. The van der Waals surface area contributed by atoms with E-state index in [-0.39, 0.29) is 5.88 Å². The molecule has 0 radical (unpaired) electrons. The Kier molecular flexibility index (Phi) is 3.00. The Labute approximate surface area is 100.0 Å². The summed E-state index contributed by atoms with van der Waals surface area (Å²) in [4.78, 5) is 9.83. The van der Waals surface area contributed by atoms with Crippen LogP contribution < -0.4 is 5.73 Å². The topological polar surface area (TPSA) is 113 Å². The number of nitrogens with two attached hydrogens (primary N) is 1. The standard InChI is InChI=1S/C8H9N5O3S/c1-12-7(9)10-11-8(12)17-4-5-2-3-6(16-5)13(14)15/h2-3H,4H2,1H3,(H2,9,10). The van der Waals surface area contributed by atoms with Gasteiger partial charge in [-0.05, 0) is 6.07 Å². The van der Waals surface area contributed by atoms with Crippen LogP contribution in [0.2, 0.25) is 0 Å². The van der Waals surface area contributed by atoms with Gasteiger partial charge in [-0.1, -0.05) is 11.8 Å². The van der Waals surface area contributed by atoms with Gasteiger partial charge in [0.1, 0.15) is 10.7 Å². The zero-order valence-electron chi connectivity index (χ0n) is 8.86. The number of anilines is 1. The van der Waals surface area contributed by atoms with Gasteiger partial charge in [0, 0.05) is 7.05 Å². The first-order chi connectivity index (χ1) is 8.08. The Hall–Kier alpha value is -2.03. The summed E-state index contributed by atoms with van der Waals surface area (Å²) in [6, 6.07) is 2.88. The molecule has 2 heterocycles. The number of nitrogens with zero attached hydrogens (tertiary/aromatic N) is 4. The molecule has 9 heteroatoms. The summed E-state index contributed by atoms with van der Waals surface area (Å²) in [5, 5.41) is 18.6. The lowest BCUT2D eigenvalue weighted by Crippen LogP contribution is -1.97. The number of aromatic nitrogens is 3. The normalized spacial score (nSPS) is 10.6. The first-order valence-corrected chi connectivity index (χ1v) is 5.57. The summed E-state index contributed by atoms with van der Waals surface area (Å²) in [5.74, 6) is 0.985. The molecule has 0 bridgehead atoms. The number of nitrogen functional groups attached to an aromatic ring is 1. The maximum absolute atomic E-state index is 10.4. The highest BCUT2D eigenvalue weighted by Gasteiger charge is 2.13. The van der Waals surface area contributed by atoms with Crippen molar-refractivity contribution in [3.05, 3.63) is 28.0 Å². The summed E-state index contributed by atoms with van der Waals surface area (Å²) in [7, 11) is 1.74. The van der Waals surface area contributed by atoms with Crippen LogP contribution in [0.1, 0.15) is 5.76 Å². The number of thioether (sulfide) groups is 1. The van der Waals surface area contributed by atoms with Crippen LogP contribution in [0.25, 0.3) is 0 Å². The van der Waals surface area contributed by atoms with Crippen LogP contribution in [0, 0.1) is 10.1 Å².